The molecule has 0 aliphatic heterocycles. The molecule has 0 bridgehead atoms. The van der Waals surface area contributed by atoms with Crippen LogP contribution in [0.25, 0.3) is 0 Å². The molecule has 1 amide bonds. The van der Waals surface area contributed by atoms with Gasteiger partial charge in [-0.05, 0) is 24.6 Å². The molecule has 0 saturated heterocycles. The Labute approximate surface area is 145 Å². The summed E-state index contributed by atoms with van der Waals surface area (Å²) in [6.07, 6.45) is 0. The molecular formula is C20H28N3O+. The van der Waals surface area contributed by atoms with Gasteiger partial charge in [0, 0.05) is 25.3 Å². The molecule has 0 aliphatic rings. The molecule has 0 radical (unpaired) electrons. The fraction of sp³-hybridized carbons (Fsp3) is 0.350. The summed E-state index contributed by atoms with van der Waals surface area (Å²) in [4.78, 5) is 15.5. The number of benzene rings is 2. The second kappa shape index (κ2) is 8.50. The van der Waals surface area contributed by atoms with Crippen LogP contribution in [-0.2, 0) is 11.3 Å². The van der Waals surface area contributed by atoms with Crippen molar-refractivity contribution in [3.05, 3.63) is 65.7 Å². The largest absolute Gasteiger partial charge is 0.378 e. The van der Waals surface area contributed by atoms with Crippen molar-refractivity contribution in [3.63, 3.8) is 0 Å². The van der Waals surface area contributed by atoms with E-state index in [-0.39, 0.29) is 11.9 Å². The summed E-state index contributed by atoms with van der Waals surface area (Å²) in [5.74, 6) is 0.0776. The van der Waals surface area contributed by atoms with Crippen LogP contribution in [0.2, 0.25) is 0 Å². The van der Waals surface area contributed by atoms with Crippen LogP contribution in [0.5, 0.6) is 0 Å². The van der Waals surface area contributed by atoms with E-state index in [1.807, 2.05) is 58.4 Å². The van der Waals surface area contributed by atoms with E-state index in [4.69, 9.17) is 0 Å². The first-order chi connectivity index (χ1) is 11.5. The first-order valence-corrected chi connectivity index (χ1v) is 8.37. The Bertz CT molecular complexity index is 638. The maximum Gasteiger partial charge on any atom is 0.275 e. The van der Waals surface area contributed by atoms with Gasteiger partial charge in [0.1, 0.15) is 6.54 Å². The summed E-state index contributed by atoms with van der Waals surface area (Å²) >= 11 is 0. The number of anilines is 1. The van der Waals surface area contributed by atoms with Gasteiger partial charge in [-0.2, -0.15) is 0 Å². The number of carbonyl (C=O) groups excluding carboxylic acids is 1. The monoisotopic (exact) mass is 326 g/mol. The van der Waals surface area contributed by atoms with Crippen molar-refractivity contribution in [2.45, 2.75) is 19.5 Å². The highest BCUT2D eigenvalue weighted by Gasteiger charge is 2.14. The molecule has 4 nitrogen and oxygen atoms in total. The van der Waals surface area contributed by atoms with Gasteiger partial charge in [0.05, 0.1) is 13.1 Å². The molecule has 4 heteroatoms. The van der Waals surface area contributed by atoms with E-state index < -0.39 is 0 Å². The Hall–Kier alpha value is -2.33. The first-order valence-electron chi connectivity index (χ1n) is 8.37. The number of likely N-dealkylation sites (N-methyl/N-ethyl adjacent to an activating group) is 1. The Kier molecular flexibility index (Phi) is 6.38. The van der Waals surface area contributed by atoms with Crippen molar-refractivity contribution < 1.29 is 9.69 Å². The topological polar surface area (TPSA) is 36.8 Å². The van der Waals surface area contributed by atoms with E-state index in [2.05, 4.69) is 34.5 Å². The molecule has 0 heterocycles. The minimum absolute atomic E-state index is 0.0332. The molecular weight excluding hydrogens is 298 g/mol. The summed E-state index contributed by atoms with van der Waals surface area (Å²) in [6.45, 7) is 3.32. The van der Waals surface area contributed by atoms with Crippen molar-refractivity contribution in [1.29, 1.82) is 0 Å². The van der Waals surface area contributed by atoms with Gasteiger partial charge >= 0.3 is 0 Å². The average molecular weight is 326 g/mol. The van der Waals surface area contributed by atoms with E-state index in [0.717, 1.165) is 12.1 Å². The molecule has 128 valence electrons. The van der Waals surface area contributed by atoms with Crippen LogP contribution >= 0.6 is 0 Å². The highest BCUT2D eigenvalue weighted by molar-refractivity contribution is 5.77. The highest BCUT2D eigenvalue weighted by Crippen LogP contribution is 2.12. The fourth-order valence-electron chi connectivity index (χ4n) is 2.71. The molecule has 24 heavy (non-hydrogen) atoms. The van der Waals surface area contributed by atoms with Crippen LogP contribution in [0.1, 0.15) is 24.1 Å². The number of amides is 1. The number of nitrogens with zero attached hydrogens (tertiary/aromatic N) is 1. The second-order valence-electron chi connectivity index (χ2n) is 6.57. The van der Waals surface area contributed by atoms with E-state index in [1.165, 1.54) is 16.2 Å². The highest BCUT2D eigenvalue weighted by atomic mass is 16.2. The minimum Gasteiger partial charge on any atom is -0.378 e. The first kappa shape index (κ1) is 18.0. The van der Waals surface area contributed by atoms with Gasteiger partial charge in [-0.3, -0.25) is 4.79 Å². The van der Waals surface area contributed by atoms with Gasteiger partial charge in [-0.1, -0.05) is 42.5 Å². The quantitative estimate of drug-likeness (QED) is 0.812. The molecule has 0 saturated carbocycles. The normalized spacial score (nSPS) is 13.2. The van der Waals surface area contributed by atoms with Crippen LogP contribution in [0.4, 0.5) is 5.69 Å². The predicted octanol–water partition coefficient (Wildman–Crippen LogP) is 1.64. The zero-order valence-corrected chi connectivity index (χ0v) is 15.0. The van der Waals surface area contributed by atoms with Crippen LogP contribution < -0.4 is 15.1 Å². The lowest BCUT2D eigenvalue weighted by Gasteiger charge is -2.18. The summed E-state index contributed by atoms with van der Waals surface area (Å²) in [6, 6.07) is 18.6. The second-order valence-corrected chi connectivity index (χ2v) is 6.57. The molecule has 0 aliphatic carbocycles. The lowest BCUT2D eigenvalue weighted by molar-refractivity contribution is -0.885. The molecule has 1 unspecified atom stereocenters. The van der Waals surface area contributed by atoms with Crippen molar-refractivity contribution >= 4 is 11.6 Å². The van der Waals surface area contributed by atoms with E-state index in [1.54, 1.807) is 0 Å². The van der Waals surface area contributed by atoms with Crippen LogP contribution in [0, 0.1) is 0 Å². The predicted molar refractivity (Wildman–Crippen MR) is 99.2 cm³/mol. The van der Waals surface area contributed by atoms with E-state index in [9.17, 15) is 4.79 Å². The number of carbonyl (C=O) groups is 1. The Morgan fingerprint density at radius 1 is 1.08 bits per heavy atom. The maximum atomic E-state index is 12.2. The van der Waals surface area contributed by atoms with Crippen molar-refractivity contribution in [2.75, 3.05) is 32.6 Å². The number of hydrogen-bond donors (Lipinski definition) is 2. The molecule has 2 atom stereocenters. The van der Waals surface area contributed by atoms with Crippen molar-refractivity contribution in [1.82, 2.24) is 5.32 Å². The van der Waals surface area contributed by atoms with Gasteiger partial charge in [0.15, 0.2) is 6.54 Å². The molecule has 2 aromatic rings. The molecule has 2 aromatic carbocycles. The molecule has 2 N–H and O–H groups in total. The maximum absolute atomic E-state index is 12.2. The van der Waals surface area contributed by atoms with Crippen molar-refractivity contribution in [2.24, 2.45) is 0 Å². The van der Waals surface area contributed by atoms with Gasteiger partial charge < -0.3 is 15.1 Å². The third-order valence-electron chi connectivity index (χ3n) is 4.10. The fourth-order valence-corrected chi connectivity index (χ4v) is 2.71. The minimum atomic E-state index is 0.0332. The van der Waals surface area contributed by atoms with Gasteiger partial charge in [0.25, 0.3) is 5.91 Å². The summed E-state index contributed by atoms with van der Waals surface area (Å²) in [5.41, 5.74) is 3.55. The Morgan fingerprint density at radius 2 is 1.71 bits per heavy atom. The summed E-state index contributed by atoms with van der Waals surface area (Å²) in [7, 11) is 6.11. The SMILES string of the molecule is C[C@@H](NC(=O)C[NH+](C)Cc1ccc(N(C)C)cc1)c1ccccc1. The van der Waals surface area contributed by atoms with Gasteiger partial charge in [0.2, 0.25) is 0 Å². The molecule has 0 aromatic heterocycles. The third-order valence-corrected chi connectivity index (χ3v) is 4.10. The average Bonchev–Trinajstić information content (AvgIpc) is 2.55. The van der Waals surface area contributed by atoms with Crippen molar-refractivity contribution in [3.8, 4) is 0 Å². The number of hydrogen-bond acceptors (Lipinski definition) is 2. The lowest BCUT2D eigenvalue weighted by Crippen LogP contribution is -3.08. The van der Waals surface area contributed by atoms with Gasteiger partial charge in [-0.25, -0.2) is 0 Å². The number of rotatable bonds is 7. The van der Waals surface area contributed by atoms with Crippen LogP contribution in [0.3, 0.4) is 0 Å². The molecule has 0 spiro atoms. The Balaban J connectivity index is 1.83. The van der Waals surface area contributed by atoms with E-state index >= 15 is 0 Å². The third kappa shape index (κ3) is 5.39. The van der Waals surface area contributed by atoms with Crippen LogP contribution in [-0.4, -0.2) is 33.6 Å². The lowest BCUT2D eigenvalue weighted by atomic mass is 10.1. The van der Waals surface area contributed by atoms with E-state index in [0.29, 0.717) is 6.54 Å². The summed E-state index contributed by atoms with van der Waals surface area (Å²) in [5, 5.41) is 3.07. The molecule has 0 fully saturated rings. The standard InChI is InChI=1S/C20H27N3O/c1-16(18-8-6-5-7-9-18)21-20(24)15-23(4)14-17-10-12-19(13-11-17)22(2)3/h5-13,16H,14-15H2,1-4H3,(H,21,24)/p+1/t16-/m1/s1. The van der Waals surface area contributed by atoms with Crippen LogP contribution in [0.15, 0.2) is 54.6 Å². The zero-order chi connectivity index (χ0) is 17.5. The molecule has 2 rings (SSSR count). The Morgan fingerprint density at radius 3 is 2.29 bits per heavy atom. The summed E-state index contributed by atoms with van der Waals surface area (Å²) < 4.78 is 0. The smallest absolute Gasteiger partial charge is 0.275 e. The van der Waals surface area contributed by atoms with Gasteiger partial charge in [-0.15, -0.1) is 0 Å². The number of nitrogens with one attached hydrogen (secondary N) is 2. The number of quaternary nitrogens is 1. The zero-order valence-electron chi connectivity index (χ0n) is 15.0.